The number of esters is 1. The van der Waals surface area contributed by atoms with Gasteiger partial charge >= 0.3 is 5.97 Å². The lowest BCUT2D eigenvalue weighted by Crippen LogP contribution is -2.28. The monoisotopic (exact) mass is 276 g/mol. The minimum absolute atomic E-state index is 0.0888. The predicted octanol–water partition coefficient (Wildman–Crippen LogP) is 0.376. The fourth-order valence-electron chi connectivity index (χ4n) is 2.10. The molecule has 1 aromatic rings. The summed E-state index contributed by atoms with van der Waals surface area (Å²) in [6, 6.07) is 7.48. The lowest BCUT2D eigenvalue weighted by Gasteiger charge is -2.16. The average Bonchev–Trinajstić information content (AvgIpc) is 2.79. The number of nitrogens with zero attached hydrogens (tertiary/aromatic N) is 1. The Bertz CT molecular complexity index is 539. The number of carbonyl (C=O) groups excluding carboxylic acids is 3. The van der Waals surface area contributed by atoms with E-state index in [9.17, 15) is 14.4 Å². The van der Waals surface area contributed by atoms with E-state index in [4.69, 9.17) is 10.5 Å². The van der Waals surface area contributed by atoms with Crippen LogP contribution in [0.1, 0.15) is 12.0 Å². The Kier molecular flexibility index (Phi) is 4.02. The van der Waals surface area contributed by atoms with Crippen LogP contribution in [0.3, 0.4) is 0 Å². The second kappa shape index (κ2) is 5.73. The molecule has 106 valence electrons. The topological polar surface area (TPSA) is 89.7 Å². The average molecular weight is 276 g/mol. The Morgan fingerprint density at radius 3 is 2.60 bits per heavy atom. The summed E-state index contributed by atoms with van der Waals surface area (Å²) >= 11 is 0. The molecule has 1 saturated heterocycles. The molecule has 6 nitrogen and oxygen atoms in total. The van der Waals surface area contributed by atoms with Crippen molar-refractivity contribution in [2.45, 2.75) is 13.3 Å². The van der Waals surface area contributed by atoms with Crippen LogP contribution in [0.4, 0.5) is 5.69 Å². The molecule has 2 amide bonds. The molecule has 0 bridgehead atoms. The molecule has 1 aromatic carbocycles. The summed E-state index contributed by atoms with van der Waals surface area (Å²) in [6.07, 6.45) is 0.0888. The predicted molar refractivity (Wildman–Crippen MR) is 71.8 cm³/mol. The van der Waals surface area contributed by atoms with E-state index in [1.54, 1.807) is 4.90 Å². The van der Waals surface area contributed by atoms with Crippen molar-refractivity contribution in [3.8, 4) is 0 Å². The third kappa shape index (κ3) is 3.14. The highest BCUT2D eigenvalue weighted by atomic mass is 16.5. The minimum Gasteiger partial charge on any atom is -0.455 e. The van der Waals surface area contributed by atoms with Crippen molar-refractivity contribution in [3.63, 3.8) is 0 Å². The molecule has 0 aliphatic carbocycles. The van der Waals surface area contributed by atoms with Gasteiger partial charge in [0.2, 0.25) is 5.91 Å². The van der Waals surface area contributed by atoms with Crippen LogP contribution in [0.15, 0.2) is 24.3 Å². The summed E-state index contributed by atoms with van der Waals surface area (Å²) in [5, 5.41) is 0. The summed E-state index contributed by atoms with van der Waals surface area (Å²) in [4.78, 5) is 35.8. The van der Waals surface area contributed by atoms with Crippen molar-refractivity contribution in [2.24, 2.45) is 11.7 Å². The van der Waals surface area contributed by atoms with Crippen molar-refractivity contribution in [3.05, 3.63) is 29.8 Å². The highest BCUT2D eigenvalue weighted by molar-refractivity contribution is 5.99. The number of hydrogen-bond acceptors (Lipinski definition) is 4. The van der Waals surface area contributed by atoms with Crippen LogP contribution in [-0.4, -0.2) is 30.9 Å². The summed E-state index contributed by atoms with van der Waals surface area (Å²) in [5.74, 6) is -1.96. The first kappa shape index (κ1) is 14.0. The molecular weight excluding hydrogens is 260 g/mol. The number of aryl methyl sites for hydroxylation is 1. The molecule has 1 heterocycles. The third-order valence-electron chi connectivity index (χ3n) is 3.16. The van der Waals surface area contributed by atoms with E-state index < -0.39 is 24.4 Å². The van der Waals surface area contributed by atoms with Crippen LogP contribution >= 0.6 is 0 Å². The third-order valence-corrected chi connectivity index (χ3v) is 3.16. The van der Waals surface area contributed by atoms with Crippen molar-refractivity contribution in [1.82, 2.24) is 0 Å². The Balaban J connectivity index is 2.01. The smallest absolute Gasteiger partial charge is 0.311 e. The van der Waals surface area contributed by atoms with Crippen LogP contribution in [0.25, 0.3) is 0 Å². The highest BCUT2D eigenvalue weighted by Gasteiger charge is 2.36. The highest BCUT2D eigenvalue weighted by Crippen LogP contribution is 2.26. The SMILES string of the molecule is Cc1ccc(N2C[C@H](C(=O)OCC(N)=O)CC2=O)cc1. The standard InChI is InChI=1S/C14H16N2O4/c1-9-2-4-11(5-3-9)16-7-10(6-13(16)18)14(19)20-8-12(15)17/h2-5,10H,6-8H2,1H3,(H2,15,17)/t10-/m1/s1. The van der Waals surface area contributed by atoms with Gasteiger partial charge in [-0.05, 0) is 19.1 Å². The maximum Gasteiger partial charge on any atom is 0.311 e. The summed E-state index contributed by atoms with van der Waals surface area (Å²) in [6.45, 7) is 1.77. The quantitative estimate of drug-likeness (QED) is 0.805. The van der Waals surface area contributed by atoms with Gasteiger partial charge in [0, 0.05) is 18.7 Å². The number of primary amides is 1. The zero-order chi connectivity index (χ0) is 14.7. The molecular formula is C14H16N2O4. The molecule has 0 aromatic heterocycles. The van der Waals surface area contributed by atoms with Gasteiger partial charge in [0.25, 0.3) is 5.91 Å². The Morgan fingerprint density at radius 2 is 2.00 bits per heavy atom. The fraction of sp³-hybridized carbons (Fsp3) is 0.357. The molecule has 1 fully saturated rings. The molecule has 2 rings (SSSR count). The number of hydrogen-bond donors (Lipinski definition) is 1. The molecule has 6 heteroatoms. The lowest BCUT2D eigenvalue weighted by molar-refractivity contribution is -0.151. The van der Waals surface area contributed by atoms with E-state index in [1.165, 1.54) is 0 Å². The number of rotatable bonds is 4. The van der Waals surface area contributed by atoms with Crippen LogP contribution in [-0.2, 0) is 19.1 Å². The van der Waals surface area contributed by atoms with Gasteiger partial charge in [0.05, 0.1) is 5.92 Å². The first-order chi connectivity index (χ1) is 9.47. The van der Waals surface area contributed by atoms with E-state index in [0.29, 0.717) is 0 Å². The normalized spacial score (nSPS) is 18.1. The van der Waals surface area contributed by atoms with E-state index in [1.807, 2.05) is 31.2 Å². The molecule has 1 aliphatic rings. The van der Waals surface area contributed by atoms with E-state index in [2.05, 4.69) is 0 Å². The van der Waals surface area contributed by atoms with Gasteiger partial charge in [0.1, 0.15) is 0 Å². The molecule has 1 aliphatic heterocycles. The van der Waals surface area contributed by atoms with Gasteiger partial charge in [-0.2, -0.15) is 0 Å². The lowest BCUT2D eigenvalue weighted by atomic mass is 10.1. The number of amides is 2. The zero-order valence-corrected chi connectivity index (χ0v) is 11.2. The fourth-order valence-corrected chi connectivity index (χ4v) is 2.10. The molecule has 1 atom stereocenters. The van der Waals surface area contributed by atoms with Crippen LogP contribution in [0, 0.1) is 12.8 Å². The number of ether oxygens (including phenoxy) is 1. The minimum atomic E-state index is -0.710. The van der Waals surface area contributed by atoms with Crippen molar-refractivity contribution in [2.75, 3.05) is 18.1 Å². The Labute approximate surface area is 116 Å². The van der Waals surface area contributed by atoms with E-state index in [0.717, 1.165) is 11.3 Å². The maximum absolute atomic E-state index is 11.9. The Hall–Kier alpha value is -2.37. The Morgan fingerprint density at radius 1 is 1.35 bits per heavy atom. The molecule has 0 saturated carbocycles. The van der Waals surface area contributed by atoms with E-state index >= 15 is 0 Å². The summed E-state index contributed by atoms with van der Waals surface area (Å²) < 4.78 is 4.75. The number of nitrogens with two attached hydrogens (primary N) is 1. The van der Waals surface area contributed by atoms with Gasteiger partial charge < -0.3 is 15.4 Å². The van der Waals surface area contributed by atoms with Crippen molar-refractivity contribution >= 4 is 23.5 Å². The van der Waals surface area contributed by atoms with Gasteiger partial charge in [-0.25, -0.2) is 0 Å². The van der Waals surface area contributed by atoms with Gasteiger partial charge in [-0.3, -0.25) is 14.4 Å². The molecule has 2 N–H and O–H groups in total. The number of benzene rings is 1. The van der Waals surface area contributed by atoms with Crippen molar-refractivity contribution in [1.29, 1.82) is 0 Å². The molecule has 20 heavy (non-hydrogen) atoms. The number of carbonyl (C=O) groups is 3. The molecule has 0 unspecified atom stereocenters. The van der Waals surface area contributed by atoms with Crippen LogP contribution in [0.5, 0.6) is 0 Å². The molecule has 0 radical (unpaired) electrons. The second-order valence-corrected chi connectivity index (χ2v) is 4.81. The van der Waals surface area contributed by atoms with Crippen molar-refractivity contribution < 1.29 is 19.1 Å². The van der Waals surface area contributed by atoms with Gasteiger partial charge in [-0.1, -0.05) is 17.7 Å². The summed E-state index contributed by atoms with van der Waals surface area (Å²) in [5.41, 5.74) is 6.76. The first-order valence-corrected chi connectivity index (χ1v) is 6.29. The van der Waals surface area contributed by atoms with Crippen LogP contribution < -0.4 is 10.6 Å². The van der Waals surface area contributed by atoms with Crippen LogP contribution in [0.2, 0.25) is 0 Å². The maximum atomic E-state index is 11.9. The van der Waals surface area contributed by atoms with Gasteiger partial charge in [0.15, 0.2) is 6.61 Å². The summed E-state index contributed by atoms with van der Waals surface area (Å²) in [7, 11) is 0. The number of anilines is 1. The second-order valence-electron chi connectivity index (χ2n) is 4.81. The largest absolute Gasteiger partial charge is 0.455 e. The first-order valence-electron chi connectivity index (χ1n) is 6.29. The molecule has 0 spiro atoms. The van der Waals surface area contributed by atoms with Gasteiger partial charge in [-0.15, -0.1) is 0 Å². The van der Waals surface area contributed by atoms with E-state index in [-0.39, 0.29) is 18.9 Å². The zero-order valence-electron chi connectivity index (χ0n) is 11.2.